The molecule has 3 heteroatoms. The fourth-order valence-corrected chi connectivity index (χ4v) is 13.7. The summed E-state index contributed by atoms with van der Waals surface area (Å²) in [4.78, 5) is 2.60. The molecule has 0 unspecified atom stereocenters. The number of rotatable bonds is 4. The van der Waals surface area contributed by atoms with Gasteiger partial charge >= 0.3 is 0 Å². The molecule has 61 heavy (non-hydrogen) atoms. The topological polar surface area (TPSA) is 13.1 Å². The zero-order chi connectivity index (χ0) is 39.8. The highest BCUT2D eigenvalue weighted by Gasteiger charge is 2.61. The summed E-state index contributed by atoms with van der Waals surface area (Å²) in [7, 11) is 0. The van der Waals surface area contributed by atoms with Gasteiger partial charge in [0.2, 0.25) is 0 Å². The normalized spacial score (nSPS) is 20.9. The minimum atomic E-state index is 0.0996. The van der Waals surface area contributed by atoms with Crippen LogP contribution in [0, 0.1) is 23.7 Å². The molecule has 2 aromatic heterocycles. The van der Waals surface area contributed by atoms with Crippen molar-refractivity contribution in [3.63, 3.8) is 0 Å². The number of hydrogen-bond acceptors (Lipinski definition) is 1. The van der Waals surface area contributed by atoms with Gasteiger partial charge < -0.3 is 14.0 Å². The van der Waals surface area contributed by atoms with Crippen molar-refractivity contribution in [3.05, 3.63) is 199 Å². The van der Waals surface area contributed by atoms with Crippen LogP contribution in [0.3, 0.4) is 0 Å². The van der Waals surface area contributed by atoms with Crippen LogP contribution in [0.15, 0.2) is 188 Å². The van der Waals surface area contributed by atoms with Crippen LogP contribution in [0.25, 0.3) is 66.1 Å². The molecule has 15 rings (SSSR count). The third-order valence-electron chi connectivity index (χ3n) is 15.7. The summed E-state index contributed by atoms with van der Waals surface area (Å²) in [5, 5.41) is 5.09. The van der Waals surface area contributed by atoms with Crippen LogP contribution in [0.1, 0.15) is 43.2 Å². The Hall–Kier alpha value is -6.84. The zero-order valence-electron chi connectivity index (χ0n) is 34.1. The van der Waals surface area contributed by atoms with Crippen LogP contribution in [0.5, 0.6) is 0 Å². The molecule has 4 saturated carbocycles. The van der Waals surface area contributed by atoms with Gasteiger partial charge in [0, 0.05) is 43.9 Å². The number of anilines is 3. The van der Waals surface area contributed by atoms with Gasteiger partial charge in [0.05, 0.1) is 39.1 Å². The van der Waals surface area contributed by atoms with Gasteiger partial charge in [-0.2, -0.15) is 0 Å². The largest absolute Gasteiger partial charge is 0.310 e. The van der Waals surface area contributed by atoms with E-state index in [9.17, 15) is 0 Å². The number of fused-ring (bicyclic) bond motifs is 8. The van der Waals surface area contributed by atoms with Crippen LogP contribution in [-0.4, -0.2) is 9.13 Å². The van der Waals surface area contributed by atoms with Crippen LogP contribution in [0.4, 0.5) is 17.1 Å². The number of para-hydroxylation sites is 6. The number of nitrogens with zero attached hydrogens (tertiary/aromatic N) is 3. The van der Waals surface area contributed by atoms with Crippen molar-refractivity contribution in [2.24, 2.45) is 23.7 Å². The van der Waals surface area contributed by atoms with E-state index < -0.39 is 0 Å². The van der Waals surface area contributed by atoms with Crippen molar-refractivity contribution >= 4 is 60.7 Å². The number of aromatic nitrogens is 2. The van der Waals surface area contributed by atoms with E-state index in [2.05, 4.69) is 202 Å². The van der Waals surface area contributed by atoms with E-state index in [1.165, 1.54) is 110 Å². The smallest absolute Gasteiger partial charge is 0.0542 e. The molecule has 5 aliphatic rings. The van der Waals surface area contributed by atoms with E-state index in [4.69, 9.17) is 0 Å². The van der Waals surface area contributed by atoms with Gasteiger partial charge in [0.1, 0.15) is 0 Å². The van der Waals surface area contributed by atoms with E-state index in [0.29, 0.717) is 0 Å². The third kappa shape index (κ3) is 4.59. The second kappa shape index (κ2) is 12.6. The number of hydrogen-bond donors (Lipinski definition) is 0. The molecule has 0 saturated heterocycles. The Morgan fingerprint density at radius 3 is 1.51 bits per heavy atom. The van der Waals surface area contributed by atoms with E-state index >= 15 is 0 Å². The lowest BCUT2D eigenvalue weighted by atomic mass is 9.41. The summed E-state index contributed by atoms with van der Waals surface area (Å²) in [5.74, 6) is 3.28. The van der Waals surface area contributed by atoms with Gasteiger partial charge in [-0.15, -0.1) is 0 Å². The molecule has 0 radical (unpaired) electrons. The highest BCUT2D eigenvalue weighted by Crippen LogP contribution is 2.69. The maximum atomic E-state index is 2.60. The van der Waals surface area contributed by atoms with E-state index in [0.717, 1.165) is 29.4 Å². The van der Waals surface area contributed by atoms with Gasteiger partial charge in [-0.1, -0.05) is 121 Å². The van der Waals surface area contributed by atoms with Crippen LogP contribution in [0.2, 0.25) is 0 Å². The maximum absolute atomic E-state index is 2.60. The summed E-state index contributed by atoms with van der Waals surface area (Å²) in [5.41, 5.74) is 16.8. The van der Waals surface area contributed by atoms with E-state index in [-0.39, 0.29) is 5.41 Å². The molecule has 4 bridgehead atoms. The highest BCUT2D eigenvalue weighted by atomic mass is 15.2. The molecule has 10 aromatic rings. The molecule has 292 valence electrons. The van der Waals surface area contributed by atoms with Crippen molar-refractivity contribution in [3.8, 4) is 22.5 Å². The van der Waals surface area contributed by atoms with Crippen LogP contribution >= 0.6 is 0 Å². The van der Waals surface area contributed by atoms with E-state index in [1.54, 1.807) is 11.1 Å². The Balaban J connectivity index is 0.929. The second-order valence-electron chi connectivity index (χ2n) is 18.5. The van der Waals surface area contributed by atoms with Crippen molar-refractivity contribution in [2.75, 3.05) is 4.90 Å². The second-order valence-corrected chi connectivity index (χ2v) is 18.5. The predicted molar refractivity (Wildman–Crippen MR) is 253 cm³/mol. The summed E-state index contributed by atoms with van der Waals surface area (Å²) in [6.45, 7) is 0. The molecule has 3 heterocycles. The van der Waals surface area contributed by atoms with Crippen molar-refractivity contribution in [2.45, 2.75) is 37.5 Å². The molecular formula is C58H45N3. The van der Waals surface area contributed by atoms with Crippen LogP contribution < -0.4 is 4.90 Å². The summed E-state index contributed by atoms with van der Waals surface area (Å²) in [6.07, 6.45) is 7.00. The Bertz CT molecular complexity index is 3290. The maximum Gasteiger partial charge on any atom is 0.0542 e. The van der Waals surface area contributed by atoms with Gasteiger partial charge in [0.15, 0.2) is 0 Å². The molecule has 0 amide bonds. The standard InChI is InChI=1S/C58H45N3/c1-7-22-51(61-53-24-9-2-17-45(53)46-18-3-10-25-54(46)61)44(16-1)39-14-13-15-42(35-39)59-52-23-8-4-19-47(52)48-36-43(28-29-55(48)59)60-56-26-11-5-20-49(56)58(50-21-6-12-27-57(50)60)40-31-37-30-38(33-40)34-41(58)32-37/h1-29,35-38,40-41H,30-34H2/t37-,38+,40-,41?. The predicted octanol–water partition coefficient (Wildman–Crippen LogP) is 15.1. The van der Waals surface area contributed by atoms with Gasteiger partial charge in [-0.25, -0.2) is 0 Å². The molecule has 4 fully saturated rings. The van der Waals surface area contributed by atoms with Gasteiger partial charge in [-0.05, 0) is 139 Å². The SMILES string of the molecule is c1cc(-c2ccccc2-n2c3ccccc3c3ccccc32)cc(-n2c3ccccc3c3cc(N4c5ccccc5C5(c6ccccc64)C4C[C@H]6C[C@@H](C4)C[C@@H]5C6)ccc32)c1. The fraction of sp³-hybridized carbons (Fsp3) is 0.172. The molecule has 8 aromatic carbocycles. The first kappa shape index (κ1) is 33.9. The first-order valence-corrected chi connectivity index (χ1v) is 22.4. The average molecular weight is 784 g/mol. The molecule has 4 aliphatic carbocycles. The Labute approximate surface area is 356 Å². The Kier molecular flexibility index (Phi) is 7.01. The molecular weight excluding hydrogens is 739 g/mol. The zero-order valence-corrected chi connectivity index (χ0v) is 34.1. The monoisotopic (exact) mass is 783 g/mol. The van der Waals surface area contributed by atoms with Crippen LogP contribution in [-0.2, 0) is 5.41 Å². The highest BCUT2D eigenvalue weighted by molar-refractivity contribution is 6.12. The Morgan fingerprint density at radius 1 is 0.361 bits per heavy atom. The molecule has 3 nitrogen and oxygen atoms in total. The summed E-state index contributed by atoms with van der Waals surface area (Å²) < 4.78 is 4.92. The molecule has 1 spiro atoms. The lowest BCUT2D eigenvalue weighted by Crippen LogP contribution is -2.57. The molecule has 0 N–H and O–H groups in total. The lowest BCUT2D eigenvalue weighted by molar-refractivity contribution is -0.0419. The fourth-order valence-electron chi connectivity index (χ4n) is 13.7. The summed E-state index contributed by atoms with van der Waals surface area (Å²) in [6, 6.07) is 70.8. The van der Waals surface area contributed by atoms with Gasteiger partial charge in [-0.3, -0.25) is 0 Å². The first-order valence-electron chi connectivity index (χ1n) is 22.4. The van der Waals surface area contributed by atoms with Gasteiger partial charge in [0.25, 0.3) is 0 Å². The molecule has 0 atom stereocenters. The van der Waals surface area contributed by atoms with Crippen molar-refractivity contribution < 1.29 is 0 Å². The lowest BCUT2D eigenvalue weighted by Gasteiger charge is -2.64. The minimum Gasteiger partial charge on any atom is -0.310 e. The van der Waals surface area contributed by atoms with Crippen molar-refractivity contribution in [1.82, 2.24) is 9.13 Å². The average Bonchev–Trinajstić information content (AvgIpc) is 3.83. The quantitative estimate of drug-likeness (QED) is 0.173. The minimum absolute atomic E-state index is 0.0996. The third-order valence-corrected chi connectivity index (χ3v) is 15.7. The first-order chi connectivity index (χ1) is 30.2. The molecule has 1 aliphatic heterocycles. The summed E-state index contributed by atoms with van der Waals surface area (Å²) >= 11 is 0. The number of benzene rings is 8. The van der Waals surface area contributed by atoms with Crippen molar-refractivity contribution in [1.29, 1.82) is 0 Å². The van der Waals surface area contributed by atoms with E-state index in [1.807, 2.05) is 0 Å². The Morgan fingerprint density at radius 2 is 0.869 bits per heavy atom.